The molecule has 4 rings (SSSR count). The zero-order chi connectivity index (χ0) is 28.2. The minimum Gasteiger partial charge on any atom is -0.394 e. The molecular weight excluding hydrogens is 516 g/mol. The molecule has 4 aliphatic heterocycles. The van der Waals surface area contributed by atoms with Crippen LogP contribution in [0.25, 0.3) is 0 Å². The summed E-state index contributed by atoms with van der Waals surface area (Å²) in [4.78, 5) is 0. The van der Waals surface area contributed by atoms with E-state index in [-0.39, 0.29) is 0 Å². The summed E-state index contributed by atoms with van der Waals surface area (Å²) in [7, 11) is 0. The zero-order valence-electron chi connectivity index (χ0n) is 23.3. The largest absolute Gasteiger partial charge is 0.394 e. The summed E-state index contributed by atoms with van der Waals surface area (Å²) in [5.41, 5.74) is 0. The van der Waals surface area contributed by atoms with E-state index in [9.17, 15) is 25.5 Å². The molecule has 228 valence electrons. The Kier molecular flexibility index (Phi) is 11.4. The second kappa shape index (κ2) is 14.1. The Morgan fingerprint density at radius 3 is 2.23 bits per heavy atom. The maximum Gasteiger partial charge on any atom is 0.187 e. The van der Waals surface area contributed by atoms with E-state index in [1.807, 2.05) is 6.92 Å². The van der Waals surface area contributed by atoms with Gasteiger partial charge in [-0.1, -0.05) is 26.7 Å². The lowest BCUT2D eigenvalue weighted by molar-refractivity contribution is -0.388. The molecule has 0 aromatic heterocycles. The van der Waals surface area contributed by atoms with Gasteiger partial charge in [0, 0.05) is 19.4 Å². The highest BCUT2D eigenvalue weighted by Crippen LogP contribution is 2.40. The van der Waals surface area contributed by atoms with Gasteiger partial charge in [0.2, 0.25) is 0 Å². The Balaban J connectivity index is 1.54. The van der Waals surface area contributed by atoms with Crippen molar-refractivity contribution in [1.82, 2.24) is 0 Å². The average Bonchev–Trinajstić information content (AvgIpc) is 3.01. The van der Waals surface area contributed by atoms with Crippen molar-refractivity contribution in [1.29, 1.82) is 0 Å². The van der Waals surface area contributed by atoms with Crippen LogP contribution < -0.4 is 0 Å². The standard InChI is InChI=1S/C27H48O12/c1-4-6-9-17(16(5-2)36-25-22(32)21(31)19(29)15(3)35-25)37-26-24-23(20(30)18(14-28)38-26)39-27(11-13-34-27)10-7-8-12-33-24/h15-26,28-32H,4-14H2,1-3H3/t15?,16-,17-,18?,19-,20+,21?,22+,23?,24?,25+,26-,27+/m1/s1. The number of rotatable bonds is 10. The van der Waals surface area contributed by atoms with Gasteiger partial charge in [-0.15, -0.1) is 0 Å². The molecule has 4 fully saturated rings. The smallest absolute Gasteiger partial charge is 0.187 e. The van der Waals surface area contributed by atoms with Crippen molar-refractivity contribution in [3.63, 3.8) is 0 Å². The van der Waals surface area contributed by atoms with Crippen LogP contribution in [-0.4, -0.2) is 125 Å². The third-order valence-corrected chi connectivity index (χ3v) is 8.35. The highest BCUT2D eigenvalue weighted by Gasteiger charge is 2.53. The van der Waals surface area contributed by atoms with Crippen LogP contribution in [0.4, 0.5) is 0 Å². The number of fused-ring (bicyclic) bond motifs is 1. The van der Waals surface area contributed by atoms with Gasteiger partial charge in [-0.05, 0) is 32.6 Å². The van der Waals surface area contributed by atoms with Crippen molar-refractivity contribution in [2.45, 2.75) is 152 Å². The number of aliphatic hydroxyl groups excluding tert-OH is 5. The lowest BCUT2D eigenvalue weighted by atomic mass is 9.96. The van der Waals surface area contributed by atoms with Crippen LogP contribution in [0.5, 0.6) is 0 Å². The number of ether oxygens (including phenoxy) is 7. The van der Waals surface area contributed by atoms with Gasteiger partial charge < -0.3 is 58.7 Å². The molecule has 12 nitrogen and oxygen atoms in total. The fourth-order valence-electron chi connectivity index (χ4n) is 5.77. The van der Waals surface area contributed by atoms with Crippen LogP contribution in [0.1, 0.15) is 72.1 Å². The molecule has 4 aliphatic rings. The molecule has 0 radical (unpaired) electrons. The number of unbranched alkanes of at least 4 members (excludes halogenated alkanes) is 1. The molecule has 4 saturated heterocycles. The predicted molar refractivity (Wildman–Crippen MR) is 135 cm³/mol. The van der Waals surface area contributed by atoms with Crippen LogP contribution in [0.15, 0.2) is 0 Å². The zero-order valence-corrected chi connectivity index (χ0v) is 23.3. The maximum absolute atomic E-state index is 11.1. The quantitative estimate of drug-likeness (QED) is 0.247. The minimum atomic E-state index is -1.44. The van der Waals surface area contributed by atoms with Crippen molar-refractivity contribution in [2.75, 3.05) is 19.8 Å². The van der Waals surface area contributed by atoms with Gasteiger partial charge in [-0.25, -0.2) is 0 Å². The third kappa shape index (κ3) is 7.12. The molecule has 0 saturated carbocycles. The Morgan fingerprint density at radius 1 is 0.846 bits per heavy atom. The van der Waals surface area contributed by atoms with Crippen molar-refractivity contribution >= 4 is 0 Å². The Labute approximate surface area is 230 Å². The van der Waals surface area contributed by atoms with E-state index in [4.69, 9.17) is 33.2 Å². The van der Waals surface area contributed by atoms with Crippen LogP contribution >= 0.6 is 0 Å². The number of hydrogen-bond acceptors (Lipinski definition) is 12. The third-order valence-electron chi connectivity index (χ3n) is 8.35. The van der Waals surface area contributed by atoms with Crippen LogP contribution in [0.2, 0.25) is 0 Å². The normalized spacial score (nSPS) is 44.9. The summed E-state index contributed by atoms with van der Waals surface area (Å²) in [5, 5.41) is 52.0. The van der Waals surface area contributed by atoms with Gasteiger partial charge in [0.15, 0.2) is 18.4 Å². The highest BCUT2D eigenvalue weighted by atomic mass is 16.8. The molecule has 12 heteroatoms. The topological polar surface area (TPSA) is 166 Å². The van der Waals surface area contributed by atoms with Crippen molar-refractivity contribution in [3.05, 3.63) is 0 Å². The Bertz CT molecular complexity index is 738. The summed E-state index contributed by atoms with van der Waals surface area (Å²) in [5.74, 6) is -0.785. The summed E-state index contributed by atoms with van der Waals surface area (Å²) in [6.45, 7) is 6.15. The Morgan fingerprint density at radius 2 is 1.59 bits per heavy atom. The molecule has 5 N–H and O–H groups in total. The van der Waals surface area contributed by atoms with Crippen LogP contribution in [-0.2, 0) is 33.2 Å². The molecule has 5 unspecified atom stereocenters. The van der Waals surface area contributed by atoms with Gasteiger partial charge in [-0.3, -0.25) is 0 Å². The molecular formula is C27H48O12. The van der Waals surface area contributed by atoms with Gasteiger partial charge in [0.05, 0.1) is 31.5 Å². The first-order chi connectivity index (χ1) is 18.7. The molecule has 1 spiro atoms. The lowest BCUT2D eigenvalue weighted by Crippen LogP contribution is -2.64. The van der Waals surface area contributed by atoms with Crippen molar-refractivity contribution in [2.24, 2.45) is 0 Å². The van der Waals surface area contributed by atoms with Crippen LogP contribution in [0, 0.1) is 0 Å². The van der Waals surface area contributed by atoms with Crippen molar-refractivity contribution in [3.8, 4) is 0 Å². The Hall–Kier alpha value is -0.480. The number of hydrogen-bond donors (Lipinski definition) is 5. The van der Waals surface area contributed by atoms with Crippen LogP contribution in [0.3, 0.4) is 0 Å². The molecule has 0 aromatic rings. The summed E-state index contributed by atoms with van der Waals surface area (Å²) >= 11 is 0. The fraction of sp³-hybridized carbons (Fsp3) is 1.00. The van der Waals surface area contributed by atoms with E-state index < -0.39 is 86.0 Å². The van der Waals surface area contributed by atoms with Gasteiger partial charge in [0.25, 0.3) is 0 Å². The lowest BCUT2D eigenvalue weighted by Gasteiger charge is -2.50. The van der Waals surface area contributed by atoms with Gasteiger partial charge in [0.1, 0.15) is 42.7 Å². The second-order valence-electron chi connectivity index (χ2n) is 11.2. The summed E-state index contributed by atoms with van der Waals surface area (Å²) in [6.07, 6.45) is -5.93. The molecule has 4 heterocycles. The molecule has 0 aromatic carbocycles. The second-order valence-corrected chi connectivity index (χ2v) is 11.2. The molecule has 0 aliphatic carbocycles. The molecule has 39 heavy (non-hydrogen) atoms. The first-order valence-electron chi connectivity index (χ1n) is 14.6. The van der Waals surface area contributed by atoms with E-state index in [0.717, 1.165) is 25.7 Å². The maximum atomic E-state index is 11.1. The monoisotopic (exact) mass is 564 g/mol. The van der Waals surface area contributed by atoms with E-state index in [1.165, 1.54) is 0 Å². The summed E-state index contributed by atoms with van der Waals surface area (Å²) in [6, 6.07) is 0. The molecule has 0 amide bonds. The number of aliphatic hydroxyl groups is 5. The predicted octanol–water partition coefficient (Wildman–Crippen LogP) is 0.334. The van der Waals surface area contributed by atoms with E-state index in [1.54, 1.807) is 6.92 Å². The van der Waals surface area contributed by atoms with E-state index in [2.05, 4.69) is 6.92 Å². The highest BCUT2D eigenvalue weighted by molar-refractivity contribution is 4.95. The first-order valence-corrected chi connectivity index (χ1v) is 14.6. The summed E-state index contributed by atoms with van der Waals surface area (Å²) < 4.78 is 42.9. The fourth-order valence-corrected chi connectivity index (χ4v) is 5.77. The average molecular weight is 565 g/mol. The van der Waals surface area contributed by atoms with E-state index in [0.29, 0.717) is 38.9 Å². The SMILES string of the molecule is CCCC[C@@H](O[C@@H]1OC(CO)[C@H](O)C2O[C@@]3(CCCCOC21)CCO3)[C@@H](CC)O[C@@H]1OC(C)[C@@H](O)C(O)[C@@H]1O. The molecule has 0 bridgehead atoms. The van der Waals surface area contributed by atoms with Crippen molar-refractivity contribution < 1.29 is 58.7 Å². The van der Waals surface area contributed by atoms with Gasteiger partial charge >= 0.3 is 0 Å². The van der Waals surface area contributed by atoms with Gasteiger partial charge in [-0.2, -0.15) is 0 Å². The first kappa shape index (κ1) is 31.5. The minimum absolute atomic E-state index is 0.424. The molecule has 13 atom stereocenters. The van der Waals surface area contributed by atoms with E-state index >= 15 is 0 Å².